The first-order valence-electron chi connectivity index (χ1n) is 30.9. The van der Waals surface area contributed by atoms with Crippen LogP contribution >= 0.6 is 0 Å². The maximum absolute atomic E-state index is 12.4. The van der Waals surface area contributed by atoms with Crippen LogP contribution < -0.4 is 5.32 Å². The van der Waals surface area contributed by atoms with Gasteiger partial charge in [0.25, 0.3) is 0 Å². The Bertz CT molecular complexity index is 1180. The number of rotatable bonds is 57. The van der Waals surface area contributed by atoms with E-state index in [1.54, 1.807) is 6.08 Å². The normalized spacial score (nSPS) is 12.9. The quantitative estimate of drug-likeness (QED) is 0.0321. The molecule has 0 aromatic carbocycles. The lowest BCUT2D eigenvalue weighted by molar-refractivity contribution is -0.143. The lowest BCUT2D eigenvalue weighted by Gasteiger charge is -2.20. The summed E-state index contributed by atoms with van der Waals surface area (Å²) in [6, 6.07) is -0.630. The second-order valence-corrected chi connectivity index (χ2v) is 21.0. The van der Waals surface area contributed by atoms with Crippen LogP contribution in [0.25, 0.3) is 0 Å². The van der Waals surface area contributed by atoms with E-state index < -0.39 is 12.1 Å². The van der Waals surface area contributed by atoms with Crippen LogP contribution in [0.4, 0.5) is 0 Å². The van der Waals surface area contributed by atoms with Gasteiger partial charge in [-0.25, -0.2) is 0 Å². The van der Waals surface area contributed by atoms with Gasteiger partial charge in [-0.15, -0.1) is 0 Å². The Morgan fingerprint density at radius 3 is 1.13 bits per heavy atom. The summed E-state index contributed by atoms with van der Waals surface area (Å²) >= 11 is 0. The Labute approximate surface area is 436 Å². The Morgan fingerprint density at radius 2 is 0.714 bits per heavy atom. The molecule has 0 heterocycles. The molecule has 0 radical (unpaired) electrons. The van der Waals surface area contributed by atoms with E-state index in [-0.39, 0.29) is 18.5 Å². The van der Waals surface area contributed by atoms with E-state index in [1.807, 2.05) is 6.08 Å². The van der Waals surface area contributed by atoms with E-state index in [0.717, 1.165) is 51.4 Å². The summed E-state index contributed by atoms with van der Waals surface area (Å²) in [5.41, 5.74) is 0. The van der Waals surface area contributed by atoms with Crippen LogP contribution in [0.1, 0.15) is 322 Å². The fourth-order valence-corrected chi connectivity index (χ4v) is 9.31. The highest BCUT2D eigenvalue weighted by atomic mass is 16.5. The van der Waals surface area contributed by atoms with Crippen molar-refractivity contribution >= 4 is 11.9 Å². The Balaban J connectivity index is 3.42. The van der Waals surface area contributed by atoms with Gasteiger partial charge < -0.3 is 20.3 Å². The first-order valence-corrected chi connectivity index (χ1v) is 30.9. The summed E-state index contributed by atoms with van der Waals surface area (Å²) in [6.45, 7) is 4.87. The summed E-state index contributed by atoms with van der Waals surface area (Å²) in [6.07, 6.45) is 75.8. The van der Waals surface area contributed by atoms with E-state index in [2.05, 4.69) is 55.6 Å². The molecular weight excluding hydrogens is 863 g/mol. The van der Waals surface area contributed by atoms with Crippen molar-refractivity contribution in [2.75, 3.05) is 13.2 Å². The van der Waals surface area contributed by atoms with Crippen molar-refractivity contribution in [3.8, 4) is 0 Å². The summed E-state index contributed by atoms with van der Waals surface area (Å²) in [5.74, 6) is -0.0728. The van der Waals surface area contributed by atoms with Gasteiger partial charge in [-0.1, -0.05) is 268 Å². The van der Waals surface area contributed by atoms with Crippen molar-refractivity contribution in [3.05, 3.63) is 48.6 Å². The zero-order valence-electron chi connectivity index (χ0n) is 46.7. The number of amides is 1. The van der Waals surface area contributed by atoms with Crippen LogP contribution in [0.15, 0.2) is 48.6 Å². The number of allylic oxidation sites excluding steroid dienone is 7. The Kier molecular flexibility index (Phi) is 57.5. The number of carbonyl (C=O) groups excluding carboxylic acids is 2. The monoisotopic (exact) mass is 982 g/mol. The fourth-order valence-electron chi connectivity index (χ4n) is 9.31. The molecule has 2 unspecified atom stereocenters. The lowest BCUT2D eigenvalue weighted by Crippen LogP contribution is -2.45. The largest absolute Gasteiger partial charge is 0.466 e. The molecular formula is C64H119NO5. The molecule has 0 saturated heterocycles. The predicted octanol–water partition coefficient (Wildman–Crippen LogP) is 19.4. The van der Waals surface area contributed by atoms with Crippen LogP contribution in [0.2, 0.25) is 0 Å². The van der Waals surface area contributed by atoms with E-state index in [9.17, 15) is 19.8 Å². The Hall–Kier alpha value is -2.18. The zero-order chi connectivity index (χ0) is 50.7. The van der Waals surface area contributed by atoms with Gasteiger partial charge in [0.05, 0.1) is 25.4 Å². The zero-order valence-corrected chi connectivity index (χ0v) is 46.7. The molecule has 0 aliphatic heterocycles. The fraction of sp³-hybridized carbons (Fsp3) is 0.844. The highest BCUT2D eigenvalue weighted by Gasteiger charge is 2.18. The second kappa shape index (κ2) is 59.4. The number of hydrogen-bond acceptors (Lipinski definition) is 5. The molecule has 0 saturated carbocycles. The first-order chi connectivity index (χ1) is 34.5. The standard InChI is InChI=1S/C64H119NO5/c1-3-5-7-9-11-13-15-17-29-34-38-42-46-50-54-58-64(69)70-59-55-51-47-43-39-35-31-28-26-24-22-20-18-19-21-23-25-27-30-33-37-41-45-49-53-57-63(68)65-61(60-66)62(67)56-52-48-44-40-36-32-16-14-12-10-8-6-4-2/h11,13,17,19,21,29,52,56,61-62,66-67H,3-10,12,14-16,18,20,22-28,30-51,53-55,57-60H2,1-2H3,(H,65,68)/b13-11-,21-19-,29-17-,56-52+. The van der Waals surface area contributed by atoms with Gasteiger partial charge in [-0.3, -0.25) is 9.59 Å². The summed E-state index contributed by atoms with van der Waals surface area (Å²) in [4.78, 5) is 24.5. The highest BCUT2D eigenvalue weighted by molar-refractivity contribution is 5.76. The molecule has 70 heavy (non-hydrogen) atoms. The van der Waals surface area contributed by atoms with Crippen molar-refractivity contribution in [3.63, 3.8) is 0 Å². The smallest absolute Gasteiger partial charge is 0.305 e. The van der Waals surface area contributed by atoms with Gasteiger partial charge in [0.2, 0.25) is 5.91 Å². The van der Waals surface area contributed by atoms with Crippen molar-refractivity contribution in [2.45, 2.75) is 334 Å². The SMILES string of the molecule is CCCCC/C=C\C/C=C\CCCCCCCC(=O)OCCCCCCCCCCCCCC/C=C\CCCCCCCCCCCC(=O)NC(CO)C(O)/C=C/CCCCCCCCCCCCC. The topological polar surface area (TPSA) is 95.9 Å². The minimum absolute atomic E-state index is 0.00141. The molecule has 6 nitrogen and oxygen atoms in total. The molecule has 0 aliphatic carbocycles. The maximum Gasteiger partial charge on any atom is 0.305 e. The van der Waals surface area contributed by atoms with Gasteiger partial charge >= 0.3 is 5.97 Å². The third kappa shape index (κ3) is 55.1. The number of ether oxygens (including phenoxy) is 1. The average molecular weight is 983 g/mol. The second-order valence-electron chi connectivity index (χ2n) is 21.0. The number of unbranched alkanes of at least 4 members (excludes halogenated alkanes) is 40. The molecule has 410 valence electrons. The number of esters is 1. The van der Waals surface area contributed by atoms with Gasteiger partial charge in [0.15, 0.2) is 0 Å². The van der Waals surface area contributed by atoms with Crippen LogP contribution in [0.5, 0.6) is 0 Å². The molecule has 0 spiro atoms. The molecule has 0 fully saturated rings. The molecule has 0 aliphatic rings. The summed E-state index contributed by atoms with van der Waals surface area (Å²) < 4.78 is 5.48. The summed E-state index contributed by atoms with van der Waals surface area (Å²) in [5, 5.41) is 23.1. The van der Waals surface area contributed by atoms with Crippen LogP contribution in [-0.4, -0.2) is 47.4 Å². The minimum Gasteiger partial charge on any atom is -0.466 e. The van der Waals surface area contributed by atoms with Gasteiger partial charge in [0, 0.05) is 12.8 Å². The third-order valence-corrected chi connectivity index (χ3v) is 14.1. The molecule has 6 heteroatoms. The summed E-state index contributed by atoms with van der Waals surface area (Å²) in [7, 11) is 0. The average Bonchev–Trinajstić information content (AvgIpc) is 3.36. The number of aliphatic hydroxyl groups is 2. The predicted molar refractivity (Wildman–Crippen MR) is 306 cm³/mol. The molecule has 0 aromatic rings. The van der Waals surface area contributed by atoms with Crippen LogP contribution in [0.3, 0.4) is 0 Å². The highest BCUT2D eigenvalue weighted by Crippen LogP contribution is 2.16. The number of nitrogens with one attached hydrogen (secondary N) is 1. The van der Waals surface area contributed by atoms with Crippen LogP contribution in [-0.2, 0) is 14.3 Å². The Morgan fingerprint density at radius 1 is 0.400 bits per heavy atom. The van der Waals surface area contributed by atoms with E-state index >= 15 is 0 Å². The molecule has 2 atom stereocenters. The molecule has 3 N–H and O–H groups in total. The lowest BCUT2D eigenvalue weighted by atomic mass is 10.0. The van der Waals surface area contributed by atoms with Crippen molar-refractivity contribution in [1.82, 2.24) is 5.32 Å². The molecule has 1 amide bonds. The van der Waals surface area contributed by atoms with E-state index in [4.69, 9.17) is 4.74 Å². The number of carbonyl (C=O) groups is 2. The van der Waals surface area contributed by atoms with Gasteiger partial charge in [0.1, 0.15) is 0 Å². The van der Waals surface area contributed by atoms with E-state index in [0.29, 0.717) is 19.4 Å². The number of hydrogen-bond donors (Lipinski definition) is 3. The van der Waals surface area contributed by atoms with Crippen LogP contribution in [0, 0.1) is 0 Å². The maximum atomic E-state index is 12.4. The van der Waals surface area contributed by atoms with Crippen molar-refractivity contribution in [1.29, 1.82) is 0 Å². The third-order valence-electron chi connectivity index (χ3n) is 14.1. The molecule has 0 aromatic heterocycles. The van der Waals surface area contributed by atoms with Crippen molar-refractivity contribution in [2.24, 2.45) is 0 Å². The minimum atomic E-state index is -0.846. The molecule has 0 rings (SSSR count). The first kappa shape index (κ1) is 67.8. The number of aliphatic hydroxyl groups excluding tert-OH is 2. The van der Waals surface area contributed by atoms with E-state index in [1.165, 1.54) is 244 Å². The van der Waals surface area contributed by atoms with Crippen molar-refractivity contribution < 1.29 is 24.5 Å². The van der Waals surface area contributed by atoms with Gasteiger partial charge in [-0.05, 0) is 89.9 Å². The van der Waals surface area contributed by atoms with Gasteiger partial charge in [-0.2, -0.15) is 0 Å². The molecule has 0 bridgehead atoms.